The number of thiazole rings is 1. The van der Waals surface area contributed by atoms with Crippen molar-refractivity contribution in [3.8, 4) is 0 Å². The molecule has 2 nitrogen and oxygen atoms in total. The van der Waals surface area contributed by atoms with E-state index in [-0.39, 0.29) is 0 Å². The van der Waals surface area contributed by atoms with Crippen LogP contribution in [0.25, 0.3) is 0 Å². The lowest BCUT2D eigenvalue weighted by molar-refractivity contribution is 0.283. The number of hydrogen-bond donors (Lipinski definition) is 1. The van der Waals surface area contributed by atoms with E-state index < -0.39 is 0 Å². The van der Waals surface area contributed by atoms with Crippen LogP contribution in [-0.4, -0.2) is 10.5 Å². The largest absolute Gasteiger partial charge is 0.303 e. The third-order valence-electron chi connectivity index (χ3n) is 3.59. The highest BCUT2D eigenvalue weighted by atomic mass is 32.1. The summed E-state index contributed by atoms with van der Waals surface area (Å²) < 4.78 is 0. The first-order valence-corrected chi connectivity index (χ1v) is 7.25. The van der Waals surface area contributed by atoms with Gasteiger partial charge in [0.15, 0.2) is 0 Å². The third kappa shape index (κ3) is 3.05. The van der Waals surface area contributed by atoms with Crippen LogP contribution in [0.2, 0.25) is 0 Å². The van der Waals surface area contributed by atoms with Crippen molar-refractivity contribution in [1.82, 2.24) is 10.3 Å². The summed E-state index contributed by atoms with van der Waals surface area (Å²) in [7, 11) is 0. The molecule has 1 atom stereocenters. The second kappa shape index (κ2) is 5.28. The highest BCUT2D eigenvalue weighted by Gasteiger charge is 2.27. The minimum atomic E-state index is 0.321. The molecule has 0 amide bonds. The number of rotatable bonds is 3. The molecule has 16 heavy (non-hydrogen) atoms. The van der Waals surface area contributed by atoms with E-state index in [4.69, 9.17) is 0 Å². The second-order valence-corrected chi connectivity index (χ2v) is 6.14. The Morgan fingerprint density at radius 3 is 2.56 bits per heavy atom. The maximum atomic E-state index is 4.39. The van der Waals surface area contributed by atoms with Gasteiger partial charge in [-0.25, -0.2) is 4.98 Å². The summed E-state index contributed by atoms with van der Waals surface area (Å²) >= 11 is 1.75. The maximum absolute atomic E-state index is 4.39. The van der Waals surface area contributed by atoms with Gasteiger partial charge in [0.25, 0.3) is 0 Å². The number of hydrogen-bond acceptors (Lipinski definition) is 3. The van der Waals surface area contributed by atoms with Gasteiger partial charge >= 0.3 is 0 Å². The minimum absolute atomic E-state index is 0.321. The van der Waals surface area contributed by atoms with Gasteiger partial charge in [-0.2, -0.15) is 0 Å². The molecule has 0 bridgehead atoms. The molecule has 1 fully saturated rings. The van der Waals surface area contributed by atoms with Crippen LogP contribution in [0.5, 0.6) is 0 Å². The Balaban J connectivity index is 1.96. The van der Waals surface area contributed by atoms with Gasteiger partial charge in [-0.1, -0.05) is 25.7 Å². The van der Waals surface area contributed by atoms with Crippen LogP contribution >= 0.6 is 11.3 Å². The van der Waals surface area contributed by atoms with Crippen LogP contribution in [0.1, 0.15) is 63.4 Å². The Hall–Kier alpha value is -0.410. The van der Waals surface area contributed by atoms with Crippen LogP contribution in [0.3, 0.4) is 0 Å². The van der Waals surface area contributed by atoms with Crippen molar-refractivity contribution in [2.75, 3.05) is 0 Å². The number of nitrogens with one attached hydrogen (secondary N) is 1. The smallest absolute Gasteiger partial charge is 0.109 e. The van der Waals surface area contributed by atoms with Gasteiger partial charge in [0.05, 0.1) is 6.04 Å². The lowest BCUT2D eigenvalue weighted by Gasteiger charge is -2.32. The molecule has 90 valence electrons. The third-order valence-corrected chi connectivity index (χ3v) is 4.55. The van der Waals surface area contributed by atoms with E-state index in [1.807, 2.05) is 6.20 Å². The Labute approximate surface area is 102 Å². The summed E-state index contributed by atoms with van der Waals surface area (Å²) in [5.41, 5.74) is 0.321. The normalized spacial score (nSPS) is 22.6. The van der Waals surface area contributed by atoms with Crippen molar-refractivity contribution in [2.45, 2.75) is 64.0 Å². The summed E-state index contributed by atoms with van der Waals surface area (Å²) in [5.74, 6) is 0. The predicted molar refractivity (Wildman–Crippen MR) is 69.8 cm³/mol. The van der Waals surface area contributed by atoms with E-state index in [2.05, 4.69) is 29.5 Å². The van der Waals surface area contributed by atoms with Gasteiger partial charge in [-0.05, 0) is 26.7 Å². The number of aromatic nitrogens is 1. The lowest BCUT2D eigenvalue weighted by Crippen LogP contribution is -2.43. The van der Waals surface area contributed by atoms with Crippen molar-refractivity contribution in [1.29, 1.82) is 0 Å². The molecule has 1 aliphatic rings. The highest BCUT2D eigenvalue weighted by molar-refractivity contribution is 7.09. The van der Waals surface area contributed by atoms with Crippen LogP contribution in [0.4, 0.5) is 0 Å². The number of nitrogens with zero attached hydrogens (tertiary/aromatic N) is 1. The van der Waals surface area contributed by atoms with Gasteiger partial charge in [0.2, 0.25) is 0 Å². The molecular formula is C13H22N2S. The lowest BCUT2D eigenvalue weighted by atomic mass is 9.92. The Kier molecular flexibility index (Phi) is 3.98. The topological polar surface area (TPSA) is 24.9 Å². The Morgan fingerprint density at radius 1 is 1.31 bits per heavy atom. The van der Waals surface area contributed by atoms with Gasteiger partial charge in [-0.15, -0.1) is 11.3 Å². The monoisotopic (exact) mass is 238 g/mol. The van der Waals surface area contributed by atoms with Crippen LogP contribution in [0, 0.1) is 0 Å². The van der Waals surface area contributed by atoms with E-state index in [0.717, 1.165) is 0 Å². The summed E-state index contributed by atoms with van der Waals surface area (Å²) in [6, 6.07) is 0.392. The summed E-state index contributed by atoms with van der Waals surface area (Å²) in [5, 5.41) is 7.06. The molecule has 1 aliphatic carbocycles. The quantitative estimate of drug-likeness (QED) is 0.808. The van der Waals surface area contributed by atoms with Crippen LogP contribution in [0.15, 0.2) is 11.6 Å². The fraction of sp³-hybridized carbons (Fsp3) is 0.769. The predicted octanol–water partition coefficient (Wildman–Crippen LogP) is 3.91. The molecule has 1 unspecified atom stereocenters. The van der Waals surface area contributed by atoms with E-state index >= 15 is 0 Å². The molecule has 3 heteroatoms. The Morgan fingerprint density at radius 2 is 2.00 bits per heavy atom. The average molecular weight is 238 g/mol. The zero-order valence-electron chi connectivity index (χ0n) is 10.3. The standard InChI is InChI=1S/C13H22N2S/c1-11(12-14-9-10-16-12)15-13(2)7-5-3-4-6-8-13/h9-11,15H,3-8H2,1-2H3. The fourth-order valence-electron chi connectivity index (χ4n) is 2.69. The molecular weight excluding hydrogens is 216 g/mol. The molecule has 0 spiro atoms. The molecule has 0 aliphatic heterocycles. The van der Waals surface area contributed by atoms with Crippen molar-refractivity contribution >= 4 is 11.3 Å². The van der Waals surface area contributed by atoms with Crippen LogP contribution in [-0.2, 0) is 0 Å². The molecule has 2 rings (SSSR count). The summed E-state index contributed by atoms with van der Waals surface area (Å²) in [4.78, 5) is 4.39. The molecule has 1 heterocycles. The minimum Gasteiger partial charge on any atom is -0.303 e. The molecule has 1 saturated carbocycles. The first-order valence-electron chi connectivity index (χ1n) is 6.37. The van der Waals surface area contributed by atoms with E-state index in [0.29, 0.717) is 11.6 Å². The Bertz CT molecular complexity index is 300. The van der Waals surface area contributed by atoms with Crippen LogP contribution < -0.4 is 5.32 Å². The fourth-order valence-corrected chi connectivity index (χ4v) is 3.33. The van der Waals surface area contributed by atoms with Gasteiger partial charge in [-0.3, -0.25) is 0 Å². The first-order chi connectivity index (χ1) is 7.70. The molecule has 1 N–H and O–H groups in total. The highest BCUT2D eigenvalue weighted by Crippen LogP contribution is 2.29. The zero-order chi connectivity index (χ0) is 11.4. The summed E-state index contributed by atoms with van der Waals surface area (Å²) in [6.45, 7) is 4.61. The second-order valence-electron chi connectivity index (χ2n) is 5.21. The van der Waals surface area contributed by atoms with E-state index in [1.54, 1.807) is 11.3 Å². The zero-order valence-corrected chi connectivity index (χ0v) is 11.1. The molecule has 0 aromatic carbocycles. The first kappa shape index (κ1) is 12.1. The van der Waals surface area contributed by atoms with Gasteiger partial charge < -0.3 is 5.32 Å². The van der Waals surface area contributed by atoms with Crippen molar-refractivity contribution in [3.05, 3.63) is 16.6 Å². The van der Waals surface area contributed by atoms with Gasteiger partial charge in [0.1, 0.15) is 5.01 Å². The average Bonchev–Trinajstić information content (AvgIpc) is 2.69. The van der Waals surface area contributed by atoms with Gasteiger partial charge in [0, 0.05) is 17.1 Å². The van der Waals surface area contributed by atoms with Crippen molar-refractivity contribution in [2.24, 2.45) is 0 Å². The van der Waals surface area contributed by atoms with E-state index in [1.165, 1.54) is 43.5 Å². The van der Waals surface area contributed by atoms with E-state index in [9.17, 15) is 0 Å². The maximum Gasteiger partial charge on any atom is 0.109 e. The molecule has 0 saturated heterocycles. The summed E-state index contributed by atoms with van der Waals surface area (Å²) in [6.07, 6.45) is 10.1. The van der Waals surface area contributed by atoms with Crippen molar-refractivity contribution < 1.29 is 0 Å². The SMILES string of the molecule is CC(NC1(C)CCCCCC1)c1nccs1. The molecule has 1 aromatic heterocycles. The molecule has 0 radical (unpaired) electrons. The molecule has 1 aromatic rings. The van der Waals surface area contributed by atoms with Crippen molar-refractivity contribution in [3.63, 3.8) is 0 Å².